The molecule has 3 aromatic carbocycles. The van der Waals surface area contributed by atoms with Crippen LogP contribution >= 0.6 is 0 Å². The number of aliphatic hydroxyl groups excluding tert-OH is 1. The van der Waals surface area contributed by atoms with Crippen molar-refractivity contribution < 1.29 is 47.9 Å². The van der Waals surface area contributed by atoms with E-state index in [4.69, 9.17) is 28.4 Å². The van der Waals surface area contributed by atoms with E-state index < -0.39 is 23.4 Å². The lowest BCUT2D eigenvalue weighted by Crippen LogP contribution is -2.33. The first kappa shape index (κ1) is 51.5. The highest BCUT2D eigenvalue weighted by molar-refractivity contribution is 5.94. The maximum atomic E-state index is 13.0. The second kappa shape index (κ2) is 27.3. The predicted molar refractivity (Wildman–Crippen MR) is 250 cm³/mol. The van der Waals surface area contributed by atoms with Crippen LogP contribution in [0, 0.1) is 0 Å². The number of amides is 1. The molecule has 0 bridgehead atoms. The largest absolute Gasteiger partial charge is 0.490 e. The number of alkyl carbamates (subject to hydrolysis) is 1. The molecule has 0 aliphatic rings. The number of aliphatic hydroxyl groups is 1. The molecule has 3 aromatic rings. The quantitative estimate of drug-likeness (QED) is 0.0347. The van der Waals surface area contributed by atoms with Gasteiger partial charge in [-0.1, -0.05) is 85.8 Å². The van der Waals surface area contributed by atoms with Crippen molar-refractivity contribution in [2.75, 3.05) is 26.4 Å². The van der Waals surface area contributed by atoms with E-state index in [0.717, 1.165) is 47.9 Å². The second-order valence-corrected chi connectivity index (χ2v) is 17.1. The summed E-state index contributed by atoms with van der Waals surface area (Å²) in [5, 5.41) is 13.5. The molecule has 3 rings (SSSR count). The van der Waals surface area contributed by atoms with Crippen LogP contribution in [-0.2, 0) is 25.7 Å². The Morgan fingerprint density at radius 1 is 0.730 bits per heavy atom. The van der Waals surface area contributed by atoms with Crippen molar-refractivity contribution in [3.63, 3.8) is 0 Å². The fraction of sp³-hybridized carbons (Fsp3) is 0.442. The van der Waals surface area contributed by atoms with Gasteiger partial charge >= 0.3 is 12.1 Å². The Morgan fingerprint density at radius 2 is 1.37 bits per heavy atom. The molecular formula is C52H69NO10. The fourth-order valence-corrected chi connectivity index (χ4v) is 5.70. The summed E-state index contributed by atoms with van der Waals surface area (Å²) in [7, 11) is 0. The minimum atomic E-state index is -1.02. The Bertz CT molecular complexity index is 1990. The molecule has 2 N–H and O–H groups in total. The number of ether oxygens (including phenoxy) is 6. The molecule has 0 fully saturated rings. The van der Waals surface area contributed by atoms with Gasteiger partial charge in [0.2, 0.25) is 0 Å². The number of carbonyl (C=O) groups is 3. The smallest absolute Gasteiger partial charge is 0.407 e. The molecule has 11 heteroatoms. The maximum absolute atomic E-state index is 13.0. The zero-order chi connectivity index (χ0) is 46.1. The molecule has 0 saturated carbocycles. The number of unbranched alkanes of at least 4 members (excludes halogenated alkanes) is 2. The topological polar surface area (TPSA) is 139 Å². The first-order chi connectivity index (χ1) is 30.0. The third kappa shape index (κ3) is 23.3. The van der Waals surface area contributed by atoms with Crippen molar-refractivity contribution in [1.82, 2.24) is 5.32 Å². The van der Waals surface area contributed by atoms with Crippen LogP contribution in [-0.4, -0.2) is 66.6 Å². The van der Waals surface area contributed by atoms with Crippen molar-refractivity contribution in [3.8, 4) is 23.0 Å². The minimum Gasteiger partial charge on any atom is -0.490 e. The molecule has 1 unspecified atom stereocenters. The number of allylic oxidation sites excluding steroid dienone is 4. The Hall–Kier alpha value is -5.81. The highest BCUT2D eigenvalue weighted by atomic mass is 16.6. The van der Waals surface area contributed by atoms with Crippen LogP contribution in [0.3, 0.4) is 0 Å². The van der Waals surface area contributed by atoms with E-state index in [1.807, 2.05) is 115 Å². The second-order valence-electron chi connectivity index (χ2n) is 17.1. The molecule has 0 aliphatic heterocycles. The standard InChI is InChI=1S/C52H69NO10/c1-9-10-13-19-39(2)37-60-47-34-40(25-29-45(47)58-32-17-12-16-22-49(56)62-51(3,4)5)23-27-43(54)36-44(55)28-24-41-26-30-46(48(35-41)61-38-42-20-14-11-15-21-42)59-33-18-31-53-50(57)63-52(6,7)8/h10-11,13-15,19-21,23-30,34-35,43,54H,9,12,16-18,22,31-33,36-38H2,1-8H3,(H,53,57)/b13-10-,27-23+,28-24+,39-19+. The van der Waals surface area contributed by atoms with Crippen molar-refractivity contribution in [1.29, 1.82) is 0 Å². The lowest BCUT2D eigenvalue weighted by molar-refractivity contribution is -0.154. The lowest BCUT2D eigenvalue weighted by Gasteiger charge is -2.19. The molecule has 0 radical (unpaired) electrons. The number of nitrogens with one attached hydrogen (secondary N) is 1. The predicted octanol–water partition coefficient (Wildman–Crippen LogP) is 11.2. The lowest BCUT2D eigenvalue weighted by atomic mass is 10.1. The SMILES string of the molecule is CC/C=C\C=C(/C)COc1cc(/C=C/C(O)CC(=O)/C=C/c2ccc(OCCCNC(=O)OC(C)(C)C)c(OCc3ccccc3)c2)ccc1OCCCCCC(=O)OC(C)(C)C. The fourth-order valence-electron chi connectivity index (χ4n) is 5.70. The van der Waals surface area contributed by atoms with Crippen LogP contribution in [0.25, 0.3) is 12.2 Å². The first-order valence-corrected chi connectivity index (χ1v) is 21.9. The molecule has 0 spiro atoms. The summed E-state index contributed by atoms with van der Waals surface area (Å²) in [5.41, 5.74) is 2.45. The third-order valence-electron chi connectivity index (χ3n) is 8.71. The maximum Gasteiger partial charge on any atom is 0.407 e. The van der Waals surface area contributed by atoms with Crippen molar-refractivity contribution >= 4 is 30.0 Å². The van der Waals surface area contributed by atoms with Crippen LogP contribution in [0.2, 0.25) is 0 Å². The van der Waals surface area contributed by atoms with E-state index in [9.17, 15) is 19.5 Å². The van der Waals surface area contributed by atoms with Gasteiger partial charge in [0.15, 0.2) is 28.8 Å². The van der Waals surface area contributed by atoms with Crippen LogP contribution in [0.15, 0.2) is 103 Å². The van der Waals surface area contributed by atoms with E-state index >= 15 is 0 Å². The summed E-state index contributed by atoms with van der Waals surface area (Å²) in [6.45, 7) is 16.9. The van der Waals surface area contributed by atoms with Gasteiger partial charge in [0.05, 0.1) is 19.3 Å². The minimum absolute atomic E-state index is 0.114. The number of esters is 1. The Morgan fingerprint density at radius 3 is 2.02 bits per heavy atom. The summed E-state index contributed by atoms with van der Waals surface area (Å²) < 4.78 is 35.2. The number of ketones is 1. The van der Waals surface area contributed by atoms with Crippen molar-refractivity contribution in [3.05, 3.63) is 119 Å². The van der Waals surface area contributed by atoms with Gasteiger partial charge in [-0.15, -0.1) is 0 Å². The third-order valence-corrected chi connectivity index (χ3v) is 8.71. The number of carbonyl (C=O) groups excluding carboxylic acids is 3. The monoisotopic (exact) mass is 867 g/mol. The normalized spacial score (nSPS) is 12.7. The highest BCUT2D eigenvalue weighted by Gasteiger charge is 2.17. The van der Waals surface area contributed by atoms with Crippen LogP contribution < -0.4 is 24.3 Å². The van der Waals surface area contributed by atoms with Gasteiger partial charge in [0.1, 0.15) is 24.4 Å². The number of hydrogen-bond donors (Lipinski definition) is 2. The van der Waals surface area contributed by atoms with Crippen LogP contribution in [0.1, 0.15) is 117 Å². The van der Waals surface area contributed by atoms with E-state index in [2.05, 4.69) is 18.3 Å². The summed E-state index contributed by atoms with van der Waals surface area (Å²) in [6.07, 6.45) is 15.1. The molecule has 11 nitrogen and oxygen atoms in total. The molecule has 63 heavy (non-hydrogen) atoms. The van der Waals surface area contributed by atoms with Crippen LogP contribution in [0.5, 0.6) is 23.0 Å². The van der Waals surface area contributed by atoms with E-state index in [-0.39, 0.29) is 18.2 Å². The van der Waals surface area contributed by atoms with Gasteiger partial charge in [-0.3, -0.25) is 9.59 Å². The zero-order valence-electron chi connectivity index (χ0n) is 38.6. The molecule has 1 amide bonds. The molecule has 0 heterocycles. The molecular weight excluding hydrogens is 799 g/mol. The summed E-state index contributed by atoms with van der Waals surface area (Å²) >= 11 is 0. The van der Waals surface area contributed by atoms with Gasteiger partial charge in [0.25, 0.3) is 0 Å². The number of benzene rings is 3. The Labute approximate surface area is 375 Å². The van der Waals surface area contributed by atoms with Gasteiger partial charge in [-0.05, 0) is 133 Å². The van der Waals surface area contributed by atoms with Gasteiger partial charge in [-0.25, -0.2) is 4.79 Å². The zero-order valence-corrected chi connectivity index (χ0v) is 38.6. The number of hydrogen-bond acceptors (Lipinski definition) is 10. The molecule has 0 saturated heterocycles. The van der Waals surface area contributed by atoms with Crippen LogP contribution in [0.4, 0.5) is 4.79 Å². The Balaban J connectivity index is 1.61. The molecule has 0 aromatic heterocycles. The molecule has 342 valence electrons. The summed E-state index contributed by atoms with van der Waals surface area (Å²) in [4.78, 5) is 37.0. The summed E-state index contributed by atoms with van der Waals surface area (Å²) in [5.74, 6) is 1.74. The average Bonchev–Trinajstić information content (AvgIpc) is 3.21. The van der Waals surface area contributed by atoms with E-state index in [0.29, 0.717) is 68.8 Å². The highest BCUT2D eigenvalue weighted by Crippen LogP contribution is 2.31. The molecule has 1 atom stereocenters. The van der Waals surface area contributed by atoms with Gasteiger partial charge < -0.3 is 38.8 Å². The van der Waals surface area contributed by atoms with Gasteiger partial charge in [0, 0.05) is 19.4 Å². The average molecular weight is 868 g/mol. The van der Waals surface area contributed by atoms with Crippen molar-refractivity contribution in [2.45, 2.75) is 124 Å². The summed E-state index contributed by atoms with van der Waals surface area (Å²) in [6, 6.07) is 20.7. The van der Waals surface area contributed by atoms with E-state index in [1.165, 1.54) is 6.08 Å². The van der Waals surface area contributed by atoms with Gasteiger partial charge in [-0.2, -0.15) is 0 Å². The number of rotatable bonds is 26. The Kier molecular flexibility index (Phi) is 22.3. The van der Waals surface area contributed by atoms with E-state index in [1.54, 1.807) is 30.4 Å². The molecule has 0 aliphatic carbocycles. The van der Waals surface area contributed by atoms with Crippen molar-refractivity contribution in [2.24, 2.45) is 0 Å². The first-order valence-electron chi connectivity index (χ1n) is 21.9.